The first kappa shape index (κ1) is 11.6. The number of amides is 2. The van der Waals surface area contributed by atoms with Crippen LogP contribution in [0, 0.1) is 5.92 Å². The molecule has 3 unspecified atom stereocenters. The summed E-state index contributed by atoms with van der Waals surface area (Å²) in [5.74, 6) is -1.11. The van der Waals surface area contributed by atoms with Crippen LogP contribution >= 0.6 is 0 Å². The maximum absolute atomic E-state index is 12.5. The highest BCUT2D eigenvalue weighted by Crippen LogP contribution is 2.42. The molecular weight excluding hydrogens is 232 g/mol. The minimum absolute atomic E-state index is 0.0376. The topological polar surface area (TPSA) is 60.9 Å². The van der Waals surface area contributed by atoms with Gasteiger partial charge in [0.25, 0.3) is 0 Å². The standard InChI is InChI=1S/C13H18N2O3/c16-12(17)10-8-9-4-5-11(10)15(9)13(18)14-6-2-1-3-7-14/h1-2,9-11H,3-8H2,(H,16,17). The van der Waals surface area contributed by atoms with Crippen LogP contribution < -0.4 is 0 Å². The smallest absolute Gasteiger partial charge is 0.320 e. The normalized spacial score (nSPS) is 34.1. The lowest BCUT2D eigenvalue weighted by atomic mass is 9.89. The second-order valence-electron chi connectivity index (χ2n) is 5.37. The number of carboxylic acid groups (broad SMARTS) is 1. The number of hydrogen-bond donors (Lipinski definition) is 1. The number of rotatable bonds is 1. The first-order valence-corrected chi connectivity index (χ1v) is 6.63. The number of carbonyl (C=O) groups is 2. The van der Waals surface area contributed by atoms with Crippen LogP contribution in [-0.2, 0) is 4.79 Å². The Kier molecular flexibility index (Phi) is 2.76. The minimum atomic E-state index is -0.751. The van der Waals surface area contributed by atoms with Gasteiger partial charge in [0.2, 0.25) is 0 Å². The van der Waals surface area contributed by atoms with E-state index in [1.54, 1.807) is 0 Å². The summed E-state index contributed by atoms with van der Waals surface area (Å²) in [7, 11) is 0. The van der Waals surface area contributed by atoms with Crippen molar-refractivity contribution in [1.82, 2.24) is 9.80 Å². The monoisotopic (exact) mass is 250 g/mol. The third-order valence-corrected chi connectivity index (χ3v) is 4.40. The summed E-state index contributed by atoms with van der Waals surface area (Å²) in [5, 5.41) is 9.18. The van der Waals surface area contributed by atoms with Gasteiger partial charge in [0.05, 0.1) is 5.92 Å². The fraction of sp³-hybridized carbons (Fsp3) is 0.692. The minimum Gasteiger partial charge on any atom is -0.481 e. The van der Waals surface area contributed by atoms with Gasteiger partial charge in [0, 0.05) is 25.2 Å². The summed E-state index contributed by atoms with van der Waals surface area (Å²) in [4.78, 5) is 27.3. The van der Waals surface area contributed by atoms with Crippen molar-refractivity contribution in [3.63, 3.8) is 0 Å². The molecule has 2 bridgehead atoms. The van der Waals surface area contributed by atoms with Crippen molar-refractivity contribution in [2.45, 2.75) is 37.8 Å². The van der Waals surface area contributed by atoms with Crippen LogP contribution in [0.4, 0.5) is 4.79 Å². The molecule has 0 aliphatic carbocycles. The third kappa shape index (κ3) is 1.69. The Labute approximate surface area is 106 Å². The van der Waals surface area contributed by atoms with E-state index in [1.165, 1.54) is 0 Å². The molecule has 1 N–H and O–H groups in total. The Morgan fingerprint density at radius 3 is 2.67 bits per heavy atom. The number of hydrogen-bond acceptors (Lipinski definition) is 2. The lowest BCUT2D eigenvalue weighted by Gasteiger charge is -2.31. The van der Waals surface area contributed by atoms with E-state index in [9.17, 15) is 14.7 Å². The molecule has 0 spiro atoms. The fourth-order valence-electron chi connectivity index (χ4n) is 3.53. The number of urea groups is 1. The molecule has 98 valence electrons. The molecule has 0 aromatic carbocycles. The molecule has 3 aliphatic heterocycles. The Morgan fingerprint density at radius 1 is 1.22 bits per heavy atom. The summed E-state index contributed by atoms with van der Waals surface area (Å²) in [6.45, 7) is 1.41. The van der Waals surface area contributed by atoms with E-state index < -0.39 is 5.97 Å². The molecule has 2 amide bonds. The van der Waals surface area contributed by atoms with Gasteiger partial charge in [-0.15, -0.1) is 0 Å². The van der Waals surface area contributed by atoms with Gasteiger partial charge in [0.1, 0.15) is 0 Å². The fourth-order valence-corrected chi connectivity index (χ4v) is 3.53. The van der Waals surface area contributed by atoms with E-state index in [4.69, 9.17) is 0 Å². The highest BCUT2D eigenvalue weighted by atomic mass is 16.4. The van der Waals surface area contributed by atoms with Crippen molar-refractivity contribution >= 4 is 12.0 Å². The highest BCUT2D eigenvalue weighted by Gasteiger charge is 2.52. The summed E-state index contributed by atoms with van der Waals surface area (Å²) in [6.07, 6.45) is 7.43. The van der Waals surface area contributed by atoms with Crippen LogP contribution in [-0.4, -0.2) is 52.1 Å². The maximum Gasteiger partial charge on any atom is 0.320 e. The van der Waals surface area contributed by atoms with Gasteiger partial charge in [-0.2, -0.15) is 0 Å². The van der Waals surface area contributed by atoms with E-state index in [2.05, 4.69) is 6.08 Å². The van der Waals surface area contributed by atoms with Gasteiger partial charge in [-0.3, -0.25) is 4.79 Å². The number of carbonyl (C=O) groups excluding carboxylic acids is 1. The first-order chi connectivity index (χ1) is 8.68. The largest absolute Gasteiger partial charge is 0.481 e. The predicted molar refractivity (Wildman–Crippen MR) is 65.1 cm³/mol. The van der Waals surface area contributed by atoms with Gasteiger partial charge in [-0.1, -0.05) is 12.2 Å². The Bertz CT molecular complexity index is 407. The van der Waals surface area contributed by atoms with Crippen molar-refractivity contribution in [3.8, 4) is 0 Å². The zero-order valence-electron chi connectivity index (χ0n) is 10.3. The van der Waals surface area contributed by atoms with E-state index in [0.717, 1.165) is 25.8 Å². The van der Waals surface area contributed by atoms with Crippen LogP contribution in [0.5, 0.6) is 0 Å². The van der Waals surface area contributed by atoms with E-state index in [1.807, 2.05) is 15.9 Å². The van der Waals surface area contributed by atoms with Crippen molar-refractivity contribution < 1.29 is 14.7 Å². The summed E-state index contributed by atoms with van der Waals surface area (Å²) >= 11 is 0. The molecule has 18 heavy (non-hydrogen) atoms. The molecule has 5 heteroatoms. The molecular formula is C13H18N2O3. The Morgan fingerprint density at radius 2 is 2.06 bits per heavy atom. The van der Waals surface area contributed by atoms with E-state index in [-0.39, 0.29) is 24.0 Å². The van der Waals surface area contributed by atoms with Crippen LogP contribution in [0.3, 0.4) is 0 Å². The van der Waals surface area contributed by atoms with Gasteiger partial charge in [-0.05, 0) is 25.7 Å². The second kappa shape index (κ2) is 4.30. The molecule has 0 aromatic heterocycles. The Balaban J connectivity index is 1.75. The predicted octanol–water partition coefficient (Wildman–Crippen LogP) is 1.31. The van der Waals surface area contributed by atoms with Crippen molar-refractivity contribution in [3.05, 3.63) is 12.2 Å². The average molecular weight is 250 g/mol. The second-order valence-corrected chi connectivity index (χ2v) is 5.37. The van der Waals surface area contributed by atoms with Crippen LogP contribution in [0.25, 0.3) is 0 Å². The summed E-state index contributed by atoms with van der Waals surface area (Å²) in [5.41, 5.74) is 0. The molecule has 2 saturated heterocycles. The average Bonchev–Trinajstić information content (AvgIpc) is 2.96. The molecule has 0 aromatic rings. The number of aliphatic carboxylic acids is 1. The van der Waals surface area contributed by atoms with Crippen LogP contribution in [0.15, 0.2) is 12.2 Å². The molecule has 3 rings (SSSR count). The summed E-state index contributed by atoms with van der Waals surface area (Å²) < 4.78 is 0. The molecule has 3 aliphatic rings. The van der Waals surface area contributed by atoms with Crippen LogP contribution in [0.2, 0.25) is 0 Å². The van der Waals surface area contributed by atoms with Crippen molar-refractivity contribution in [2.24, 2.45) is 5.92 Å². The maximum atomic E-state index is 12.5. The van der Waals surface area contributed by atoms with Crippen molar-refractivity contribution in [1.29, 1.82) is 0 Å². The zero-order valence-corrected chi connectivity index (χ0v) is 10.3. The van der Waals surface area contributed by atoms with Crippen LogP contribution in [0.1, 0.15) is 25.7 Å². The van der Waals surface area contributed by atoms with Gasteiger partial charge in [-0.25, -0.2) is 4.79 Å². The lowest BCUT2D eigenvalue weighted by Crippen LogP contribution is -2.47. The summed E-state index contributed by atoms with van der Waals surface area (Å²) in [6, 6.07) is 0.107. The van der Waals surface area contributed by atoms with E-state index >= 15 is 0 Å². The van der Waals surface area contributed by atoms with Gasteiger partial charge < -0.3 is 14.9 Å². The molecule has 3 atom stereocenters. The SMILES string of the molecule is O=C(O)C1CC2CCC1N2C(=O)N1CC=CCC1. The van der Waals surface area contributed by atoms with Gasteiger partial charge in [0.15, 0.2) is 0 Å². The highest BCUT2D eigenvalue weighted by molar-refractivity contribution is 5.79. The molecule has 2 fully saturated rings. The zero-order chi connectivity index (χ0) is 12.7. The lowest BCUT2D eigenvalue weighted by molar-refractivity contribution is -0.142. The van der Waals surface area contributed by atoms with E-state index in [0.29, 0.717) is 13.0 Å². The number of nitrogens with zero attached hydrogens (tertiary/aromatic N) is 2. The molecule has 0 radical (unpaired) electrons. The van der Waals surface area contributed by atoms with Crippen molar-refractivity contribution in [2.75, 3.05) is 13.1 Å². The first-order valence-electron chi connectivity index (χ1n) is 6.63. The Hall–Kier alpha value is -1.52. The van der Waals surface area contributed by atoms with Gasteiger partial charge >= 0.3 is 12.0 Å². The quantitative estimate of drug-likeness (QED) is 0.714. The molecule has 5 nitrogen and oxygen atoms in total. The molecule has 3 heterocycles. The third-order valence-electron chi connectivity index (χ3n) is 4.40. The molecule has 0 saturated carbocycles. The number of carboxylic acids is 1. The number of fused-ring (bicyclic) bond motifs is 2.